The van der Waals surface area contributed by atoms with E-state index in [4.69, 9.17) is 23.2 Å². The maximum absolute atomic E-state index is 5.80. The van der Waals surface area contributed by atoms with Gasteiger partial charge in [0.1, 0.15) is 5.15 Å². The molecule has 2 nitrogen and oxygen atoms in total. The molecule has 1 aromatic carbocycles. The number of hydrogen-bond acceptors (Lipinski definition) is 2. The largest absolute Gasteiger partial charge is 0.322 e. The van der Waals surface area contributed by atoms with Gasteiger partial charge in [0.25, 0.3) is 0 Å². The molecule has 0 bridgehead atoms. The van der Waals surface area contributed by atoms with Crippen LogP contribution < -0.4 is 0 Å². The molecule has 0 saturated carbocycles. The highest BCUT2D eigenvalue weighted by Crippen LogP contribution is 2.30. The van der Waals surface area contributed by atoms with Crippen molar-refractivity contribution in [3.63, 3.8) is 0 Å². The fourth-order valence-corrected chi connectivity index (χ4v) is 2.55. The van der Waals surface area contributed by atoms with Crippen molar-refractivity contribution in [1.29, 1.82) is 0 Å². The quantitative estimate of drug-likeness (QED) is 0.861. The van der Waals surface area contributed by atoms with Crippen LogP contribution in [0.5, 0.6) is 0 Å². The topological polar surface area (TPSA) is 28.7 Å². The number of aromatic nitrogens is 2. The molecule has 0 aliphatic carbocycles. The van der Waals surface area contributed by atoms with Gasteiger partial charge in [0, 0.05) is 4.90 Å². The zero-order valence-corrected chi connectivity index (χ0v) is 11.8. The highest BCUT2D eigenvalue weighted by atomic mass is 35.5. The first-order valence-corrected chi connectivity index (χ1v) is 6.82. The first kappa shape index (κ1) is 12.8. The molecule has 0 aliphatic heterocycles. The van der Waals surface area contributed by atoms with Crippen LogP contribution in [0.1, 0.15) is 25.3 Å². The molecule has 2 aromatic rings. The molecule has 1 aromatic heterocycles. The Kier molecular flexibility index (Phi) is 4.02. The van der Waals surface area contributed by atoms with Gasteiger partial charge >= 0.3 is 0 Å². The smallest absolute Gasteiger partial charge is 0.172 e. The van der Waals surface area contributed by atoms with Crippen molar-refractivity contribution in [3.8, 4) is 0 Å². The number of benzene rings is 1. The lowest BCUT2D eigenvalue weighted by atomic mass is 10.0. The predicted molar refractivity (Wildman–Crippen MR) is 73.3 cm³/mol. The number of nitrogens with zero attached hydrogens (tertiary/aromatic N) is 1. The lowest BCUT2D eigenvalue weighted by molar-refractivity contribution is 0.865. The van der Waals surface area contributed by atoms with Gasteiger partial charge in [-0.15, -0.1) is 0 Å². The molecule has 17 heavy (non-hydrogen) atoms. The fourth-order valence-electron chi connectivity index (χ4n) is 1.39. The van der Waals surface area contributed by atoms with Gasteiger partial charge in [0.2, 0.25) is 0 Å². The molecule has 0 radical (unpaired) electrons. The number of nitrogens with one attached hydrogen (secondary N) is 1. The van der Waals surface area contributed by atoms with Crippen LogP contribution in [0.25, 0.3) is 0 Å². The maximum atomic E-state index is 5.80. The van der Waals surface area contributed by atoms with E-state index in [1.54, 1.807) is 0 Å². The summed E-state index contributed by atoms with van der Waals surface area (Å²) in [7, 11) is 0. The van der Waals surface area contributed by atoms with E-state index in [1.807, 2.05) is 0 Å². The van der Waals surface area contributed by atoms with E-state index in [0.717, 1.165) is 4.90 Å². The molecule has 1 N–H and O–H groups in total. The summed E-state index contributed by atoms with van der Waals surface area (Å²) in [5.41, 5.74) is 1.32. The molecular weight excluding hydrogens is 275 g/mol. The molecule has 2 rings (SSSR count). The Morgan fingerprint density at radius 3 is 2.29 bits per heavy atom. The third kappa shape index (κ3) is 3.18. The van der Waals surface area contributed by atoms with Crippen LogP contribution >= 0.6 is 35.0 Å². The van der Waals surface area contributed by atoms with Gasteiger partial charge in [0.15, 0.2) is 10.3 Å². The van der Waals surface area contributed by atoms with Crippen LogP contribution in [0.4, 0.5) is 0 Å². The first-order valence-electron chi connectivity index (χ1n) is 5.25. The summed E-state index contributed by atoms with van der Waals surface area (Å²) in [6, 6.07) is 8.40. The van der Waals surface area contributed by atoms with Crippen molar-refractivity contribution in [3.05, 3.63) is 40.1 Å². The number of aromatic amines is 1. The van der Waals surface area contributed by atoms with Gasteiger partial charge in [-0.25, -0.2) is 4.98 Å². The third-order valence-corrected chi connectivity index (χ3v) is 3.90. The standard InChI is InChI=1S/C12H12Cl2N2S/c1-7(2)8-3-5-9(6-4-8)17-12-15-10(13)11(14)16-12/h3-7H,1-2H3,(H,15,16). The van der Waals surface area contributed by atoms with Crippen LogP contribution in [0.15, 0.2) is 34.3 Å². The second kappa shape index (κ2) is 5.34. The third-order valence-electron chi connectivity index (χ3n) is 2.36. The Morgan fingerprint density at radius 2 is 1.82 bits per heavy atom. The van der Waals surface area contributed by atoms with E-state index in [2.05, 4.69) is 48.1 Å². The van der Waals surface area contributed by atoms with Crippen molar-refractivity contribution < 1.29 is 0 Å². The zero-order chi connectivity index (χ0) is 12.4. The SMILES string of the molecule is CC(C)c1ccc(Sc2nc(Cl)c(Cl)[nH]2)cc1. The van der Waals surface area contributed by atoms with Gasteiger partial charge in [0.05, 0.1) is 0 Å². The molecule has 0 atom stereocenters. The number of imidazole rings is 1. The Balaban J connectivity index is 2.13. The van der Waals surface area contributed by atoms with Gasteiger partial charge in [-0.1, -0.05) is 60.9 Å². The summed E-state index contributed by atoms with van der Waals surface area (Å²) in [5, 5.41) is 1.40. The van der Waals surface area contributed by atoms with E-state index in [-0.39, 0.29) is 0 Å². The number of rotatable bonds is 3. The lowest BCUT2D eigenvalue weighted by Crippen LogP contribution is -1.86. The summed E-state index contributed by atoms with van der Waals surface area (Å²) in [5.74, 6) is 0.543. The van der Waals surface area contributed by atoms with Gasteiger partial charge in [-0.2, -0.15) is 0 Å². The van der Waals surface area contributed by atoms with Gasteiger partial charge in [-0.05, 0) is 23.6 Å². The van der Waals surface area contributed by atoms with Crippen LogP contribution in [0.3, 0.4) is 0 Å². The van der Waals surface area contributed by atoms with Crippen LogP contribution in [0.2, 0.25) is 10.3 Å². The van der Waals surface area contributed by atoms with Gasteiger partial charge < -0.3 is 4.98 Å². The van der Waals surface area contributed by atoms with Crippen molar-refractivity contribution in [2.75, 3.05) is 0 Å². The summed E-state index contributed by atoms with van der Waals surface area (Å²) < 4.78 is 0. The second-order valence-corrected chi connectivity index (χ2v) is 5.77. The van der Waals surface area contributed by atoms with Crippen LogP contribution in [-0.4, -0.2) is 9.97 Å². The van der Waals surface area contributed by atoms with Crippen molar-refractivity contribution in [2.45, 2.75) is 29.8 Å². The van der Waals surface area contributed by atoms with Crippen LogP contribution in [0, 0.1) is 0 Å². The monoisotopic (exact) mass is 286 g/mol. The fraction of sp³-hybridized carbons (Fsp3) is 0.250. The Bertz CT molecular complexity index is 486. The minimum atomic E-state index is 0.313. The Hall–Kier alpha value is -0.640. The molecule has 90 valence electrons. The van der Waals surface area contributed by atoms with Crippen LogP contribution in [-0.2, 0) is 0 Å². The summed E-state index contributed by atoms with van der Waals surface area (Å²) in [4.78, 5) is 8.13. The average molecular weight is 287 g/mol. The molecular formula is C12H12Cl2N2S. The molecule has 1 heterocycles. The number of halogens is 2. The zero-order valence-electron chi connectivity index (χ0n) is 9.50. The molecule has 0 spiro atoms. The number of H-pyrrole nitrogens is 1. The summed E-state index contributed by atoms with van der Waals surface area (Å²) in [6.45, 7) is 4.35. The van der Waals surface area contributed by atoms with Gasteiger partial charge in [-0.3, -0.25) is 0 Å². The normalized spacial score (nSPS) is 11.1. The lowest BCUT2D eigenvalue weighted by Gasteiger charge is -2.05. The minimum Gasteiger partial charge on any atom is -0.322 e. The van der Waals surface area contributed by atoms with E-state index < -0.39 is 0 Å². The second-order valence-electron chi connectivity index (χ2n) is 3.97. The van der Waals surface area contributed by atoms with Crippen molar-refractivity contribution in [2.24, 2.45) is 0 Å². The molecule has 0 unspecified atom stereocenters. The Labute approximate surface area is 115 Å². The van der Waals surface area contributed by atoms with Crippen molar-refractivity contribution in [1.82, 2.24) is 9.97 Å². The highest BCUT2D eigenvalue weighted by molar-refractivity contribution is 7.99. The first-order chi connectivity index (χ1) is 8.06. The Morgan fingerprint density at radius 1 is 1.18 bits per heavy atom. The van der Waals surface area contributed by atoms with E-state index in [0.29, 0.717) is 21.4 Å². The summed E-state index contributed by atoms with van der Waals surface area (Å²) >= 11 is 13.1. The molecule has 0 fully saturated rings. The average Bonchev–Trinajstić information content (AvgIpc) is 2.58. The van der Waals surface area contributed by atoms with E-state index in [1.165, 1.54) is 17.3 Å². The maximum Gasteiger partial charge on any atom is 0.172 e. The number of hydrogen-bond donors (Lipinski definition) is 1. The molecule has 5 heteroatoms. The van der Waals surface area contributed by atoms with E-state index >= 15 is 0 Å². The predicted octanol–water partition coefficient (Wildman–Crippen LogP) is 4.99. The molecule has 0 saturated heterocycles. The van der Waals surface area contributed by atoms with E-state index in [9.17, 15) is 0 Å². The molecule has 0 amide bonds. The summed E-state index contributed by atoms with van der Waals surface area (Å²) in [6.07, 6.45) is 0. The molecule has 0 aliphatic rings. The minimum absolute atomic E-state index is 0.313. The highest BCUT2D eigenvalue weighted by Gasteiger charge is 2.07. The van der Waals surface area contributed by atoms with Crippen molar-refractivity contribution >= 4 is 35.0 Å².